The molecule has 1 heterocycles. The van der Waals surface area contributed by atoms with Crippen LogP contribution in [-0.4, -0.2) is 28.9 Å². The van der Waals surface area contributed by atoms with Crippen molar-refractivity contribution in [2.24, 2.45) is 5.92 Å². The summed E-state index contributed by atoms with van der Waals surface area (Å²) in [5, 5.41) is 8.40. The molecule has 1 fully saturated rings. The third-order valence-corrected chi connectivity index (χ3v) is 3.81. The molecule has 1 aromatic rings. The summed E-state index contributed by atoms with van der Waals surface area (Å²) < 4.78 is 10.6. The largest absolute Gasteiger partial charge is 0.466 e. The van der Waals surface area contributed by atoms with Crippen LogP contribution in [0.25, 0.3) is 0 Å². The third-order valence-electron chi connectivity index (χ3n) is 3.01. The van der Waals surface area contributed by atoms with E-state index in [0.717, 1.165) is 24.2 Å². The molecule has 0 amide bonds. The van der Waals surface area contributed by atoms with E-state index in [1.54, 1.807) is 6.92 Å². The predicted octanol–water partition coefficient (Wildman–Crippen LogP) is 2.67. The Morgan fingerprint density at radius 3 is 3.00 bits per heavy atom. The van der Waals surface area contributed by atoms with E-state index >= 15 is 0 Å². The first-order chi connectivity index (χ1) is 8.69. The number of hydrogen-bond donors (Lipinski definition) is 0. The fourth-order valence-corrected chi connectivity index (χ4v) is 2.82. The molecule has 1 saturated carbocycles. The summed E-state index contributed by atoms with van der Waals surface area (Å²) in [5.41, 5.74) is 0. The Bertz CT molecular complexity index is 408. The van der Waals surface area contributed by atoms with E-state index in [0.29, 0.717) is 17.7 Å². The molecule has 100 valence electrons. The molecule has 6 heteroatoms. The highest BCUT2D eigenvalue weighted by Gasteiger charge is 2.22. The van der Waals surface area contributed by atoms with Crippen molar-refractivity contribution in [1.29, 1.82) is 0 Å². The van der Waals surface area contributed by atoms with Crippen LogP contribution in [0.15, 0.2) is 0 Å². The van der Waals surface area contributed by atoms with Crippen molar-refractivity contribution in [1.82, 2.24) is 10.2 Å². The summed E-state index contributed by atoms with van der Waals surface area (Å²) in [7, 11) is 0. The smallest absolute Gasteiger partial charge is 0.369 e. The number of rotatable bonds is 4. The van der Waals surface area contributed by atoms with Gasteiger partial charge in [-0.1, -0.05) is 18.4 Å². The summed E-state index contributed by atoms with van der Waals surface area (Å²) in [5.74, 6) is 0.267. The molecule has 0 bridgehead atoms. The van der Waals surface area contributed by atoms with E-state index in [2.05, 4.69) is 17.1 Å². The average Bonchev–Trinajstić information content (AvgIpc) is 2.78. The van der Waals surface area contributed by atoms with Gasteiger partial charge < -0.3 is 9.47 Å². The fourth-order valence-electron chi connectivity index (χ4n) is 2.16. The van der Waals surface area contributed by atoms with Gasteiger partial charge in [0, 0.05) is 0 Å². The van der Waals surface area contributed by atoms with Crippen molar-refractivity contribution in [2.45, 2.75) is 45.6 Å². The number of carbonyl (C=O) groups excluding carboxylic acids is 1. The number of ether oxygens (including phenoxy) is 2. The van der Waals surface area contributed by atoms with Crippen LogP contribution < -0.4 is 4.74 Å². The highest BCUT2D eigenvalue weighted by Crippen LogP contribution is 2.28. The Balaban J connectivity index is 1.91. The number of carbonyl (C=O) groups is 1. The van der Waals surface area contributed by atoms with Gasteiger partial charge in [-0.3, -0.25) is 0 Å². The average molecular weight is 270 g/mol. The minimum Gasteiger partial charge on any atom is -0.466 e. The molecule has 2 atom stereocenters. The van der Waals surface area contributed by atoms with Crippen LogP contribution in [0.4, 0.5) is 0 Å². The van der Waals surface area contributed by atoms with Crippen LogP contribution in [0.2, 0.25) is 0 Å². The maximum atomic E-state index is 11.4. The van der Waals surface area contributed by atoms with Crippen molar-refractivity contribution in [3.05, 3.63) is 5.01 Å². The fraction of sp³-hybridized carbons (Fsp3) is 0.750. The first-order valence-electron chi connectivity index (χ1n) is 6.36. The van der Waals surface area contributed by atoms with Crippen LogP contribution >= 0.6 is 11.3 Å². The molecule has 1 aliphatic rings. The molecular formula is C12H18N2O3S. The minimum absolute atomic E-state index is 0.205. The molecule has 0 aliphatic heterocycles. The molecule has 0 spiro atoms. The molecule has 1 aromatic heterocycles. The van der Waals surface area contributed by atoms with Crippen LogP contribution in [0, 0.1) is 5.92 Å². The Labute approximate surface area is 111 Å². The molecule has 0 radical (unpaired) electrons. The van der Waals surface area contributed by atoms with Gasteiger partial charge in [0.05, 0.1) is 6.61 Å². The Hall–Kier alpha value is -1.17. The molecular weight excluding hydrogens is 252 g/mol. The van der Waals surface area contributed by atoms with Gasteiger partial charge >= 0.3 is 5.97 Å². The van der Waals surface area contributed by atoms with Crippen molar-refractivity contribution in [3.8, 4) is 5.19 Å². The molecule has 2 unspecified atom stereocenters. The summed E-state index contributed by atoms with van der Waals surface area (Å²) in [6.45, 7) is 4.34. The van der Waals surface area contributed by atoms with Crippen molar-refractivity contribution in [3.63, 3.8) is 0 Å². The number of aromatic nitrogens is 2. The van der Waals surface area contributed by atoms with E-state index in [9.17, 15) is 4.79 Å². The van der Waals surface area contributed by atoms with Crippen LogP contribution in [0.5, 0.6) is 5.19 Å². The molecule has 18 heavy (non-hydrogen) atoms. The predicted molar refractivity (Wildman–Crippen MR) is 67.9 cm³/mol. The zero-order valence-corrected chi connectivity index (χ0v) is 11.5. The van der Waals surface area contributed by atoms with Gasteiger partial charge in [-0.15, -0.1) is 5.10 Å². The molecule has 0 saturated heterocycles. The summed E-state index contributed by atoms with van der Waals surface area (Å²) >= 11 is 1.16. The molecule has 5 nitrogen and oxygen atoms in total. The zero-order valence-electron chi connectivity index (χ0n) is 10.7. The lowest BCUT2D eigenvalue weighted by Gasteiger charge is -2.25. The van der Waals surface area contributed by atoms with Gasteiger partial charge in [-0.05, 0) is 43.4 Å². The SMILES string of the molecule is CCOC(=O)c1nnc(OC2CCCC(C)C2)s1. The Morgan fingerprint density at radius 1 is 1.44 bits per heavy atom. The maximum Gasteiger partial charge on any atom is 0.369 e. The highest BCUT2D eigenvalue weighted by atomic mass is 32.1. The van der Waals surface area contributed by atoms with E-state index in [4.69, 9.17) is 9.47 Å². The van der Waals surface area contributed by atoms with E-state index < -0.39 is 5.97 Å². The standard InChI is InChI=1S/C12H18N2O3S/c1-3-16-11(15)10-13-14-12(18-10)17-9-6-4-5-8(2)7-9/h8-9H,3-7H2,1-2H3. The van der Waals surface area contributed by atoms with Crippen molar-refractivity contribution < 1.29 is 14.3 Å². The molecule has 1 aliphatic carbocycles. The summed E-state index contributed by atoms with van der Waals surface area (Å²) in [6, 6.07) is 0. The van der Waals surface area contributed by atoms with Crippen LogP contribution in [0.3, 0.4) is 0 Å². The van der Waals surface area contributed by atoms with Crippen LogP contribution in [-0.2, 0) is 4.74 Å². The monoisotopic (exact) mass is 270 g/mol. The zero-order chi connectivity index (χ0) is 13.0. The first kappa shape index (κ1) is 13.3. The number of hydrogen-bond acceptors (Lipinski definition) is 6. The molecule has 0 N–H and O–H groups in total. The lowest BCUT2D eigenvalue weighted by Crippen LogP contribution is -2.23. The Kier molecular flexibility index (Phi) is 4.52. The van der Waals surface area contributed by atoms with E-state index in [1.165, 1.54) is 12.8 Å². The third kappa shape index (κ3) is 3.41. The lowest BCUT2D eigenvalue weighted by molar-refractivity contribution is 0.0525. The number of nitrogens with zero attached hydrogens (tertiary/aromatic N) is 2. The lowest BCUT2D eigenvalue weighted by atomic mass is 9.89. The second-order valence-electron chi connectivity index (χ2n) is 4.61. The quantitative estimate of drug-likeness (QED) is 0.787. The Morgan fingerprint density at radius 2 is 2.28 bits per heavy atom. The van der Waals surface area contributed by atoms with Crippen molar-refractivity contribution in [2.75, 3.05) is 6.61 Å². The molecule has 0 aromatic carbocycles. The van der Waals surface area contributed by atoms with Gasteiger partial charge in [-0.2, -0.15) is 0 Å². The van der Waals surface area contributed by atoms with Gasteiger partial charge in [0.15, 0.2) is 0 Å². The van der Waals surface area contributed by atoms with E-state index in [1.807, 2.05) is 0 Å². The van der Waals surface area contributed by atoms with Gasteiger partial charge in [0.2, 0.25) is 5.01 Å². The van der Waals surface area contributed by atoms with Gasteiger partial charge in [-0.25, -0.2) is 4.79 Å². The first-order valence-corrected chi connectivity index (χ1v) is 7.18. The number of esters is 1. The van der Waals surface area contributed by atoms with Gasteiger partial charge in [0.1, 0.15) is 6.10 Å². The van der Waals surface area contributed by atoms with E-state index in [-0.39, 0.29) is 11.1 Å². The summed E-state index contributed by atoms with van der Waals surface area (Å²) in [4.78, 5) is 11.4. The van der Waals surface area contributed by atoms with Gasteiger partial charge in [0.25, 0.3) is 5.19 Å². The molecule has 2 rings (SSSR count). The normalized spacial score (nSPS) is 23.7. The second kappa shape index (κ2) is 6.13. The highest BCUT2D eigenvalue weighted by molar-refractivity contribution is 7.14. The van der Waals surface area contributed by atoms with Crippen LogP contribution in [0.1, 0.15) is 49.3 Å². The summed E-state index contributed by atoms with van der Waals surface area (Å²) in [6.07, 6.45) is 4.77. The minimum atomic E-state index is -0.429. The topological polar surface area (TPSA) is 61.3 Å². The maximum absolute atomic E-state index is 11.4. The van der Waals surface area contributed by atoms with Crippen molar-refractivity contribution >= 4 is 17.3 Å². The second-order valence-corrected chi connectivity index (χ2v) is 5.55.